The van der Waals surface area contributed by atoms with Gasteiger partial charge in [0, 0.05) is 24.0 Å². The maximum atomic E-state index is 13.2. The van der Waals surface area contributed by atoms with Gasteiger partial charge in [-0.25, -0.2) is 4.79 Å². The Bertz CT molecular complexity index is 1500. The molecule has 5 rings (SSSR count). The number of para-hydroxylation sites is 3. The molecule has 8 nitrogen and oxygen atoms in total. The first-order chi connectivity index (χ1) is 20.2. The summed E-state index contributed by atoms with van der Waals surface area (Å²) in [5.74, 6) is -0.780. The van der Waals surface area contributed by atoms with Gasteiger partial charge in [-0.1, -0.05) is 30.3 Å². The van der Waals surface area contributed by atoms with Crippen LogP contribution in [0.4, 0.5) is 30.4 Å². The van der Waals surface area contributed by atoms with Gasteiger partial charge in [-0.05, 0) is 55.3 Å². The van der Waals surface area contributed by atoms with Crippen LogP contribution in [0.3, 0.4) is 0 Å². The summed E-state index contributed by atoms with van der Waals surface area (Å²) in [4.78, 5) is 27.2. The van der Waals surface area contributed by atoms with Crippen molar-refractivity contribution in [3.63, 3.8) is 0 Å². The molecule has 3 N–H and O–H groups in total. The van der Waals surface area contributed by atoms with E-state index in [9.17, 15) is 22.8 Å². The Balaban J connectivity index is 1.27. The molecule has 0 saturated carbocycles. The lowest BCUT2D eigenvalue weighted by molar-refractivity contribution is -0.186. The lowest BCUT2D eigenvalue weighted by Crippen LogP contribution is -2.58. The number of nitrogens with zero attached hydrogens (tertiary/aromatic N) is 2. The topological polar surface area (TPSA) is 97.8 Å². The van der Waals surface area contributed by atoms with E-state index in [1.54, 1.807) is 60.7 Å². The maximum Gasteiger partial charge on any atom is 0.391 e. The summed E-state index contributed by atoms with van der Waals surface area (Å²) in [5, 5.41) is 3.59. The van der Waals surface area contributed by atoms with Gasteiger partial charge in [0.15, 0.2) is 0 Å². The smallest absolute Gasteiger partial charge is 0.391 e. The fourth-order valence-corrected chi connectivity index (χ4v) is 5.17. The molecular formula is C31H32F3N4O4+. The Morgan fingerprint density at radius 3 is 2.40 bits per heavy atom. The Morgan fingerprint density at radius 1 is 1.05 bits per heavy atom. The number of hydrogen-bond donors (Lipinski definition) is 2. The van der Waals surface area contributed by atoms with Crippen LogP contribution >= 0.6 is 0 Å². The Labute approximate surface area is 241 Å². The highest BCUT2D eigenvalue weighted by Gasteiger charge is 2.43. The number of fused-ring (bicyclic) bond motifs is 1. The number of carbonyl (C=O) groups excluding carboxylic acids is 2. The van der Waals surface area contributed by atoms with E-state index in [0.29, 0.717) is 34.2 Å². The Kier molecular flexibility index (Phi) is 8.51. The molecule has 0 radical (unpaired) electrons. The molecule has 2 amide bonds. The number of likely N-dealkylation sites (tertiary alicyclic amines) is 1. The molecular weight excluding hydrogens is 549 g/mol. The fraction of sp³-hybridized carbons (Fsp3) is 0.290. The number of benzene rings is 3. The first-order valence-corrected chi connectivity index (χ1v) is 13.7. The number of nitrogens with two attached hydrogens (primary N) is 1. The van der Waals surface area contributed by atoms with Crippen LogP contribution in [0, 0.1) is 5.92 Å². The van der Waals surface area contributed by atoms with Crippen molar-refractivity contribution in [1.29, 1.82) is 0 Å². The molecule has 1 atom stereocenters. The molecule has 11 heteroatoms. The van der Waals surface area contributed by atoms with Gasteiger partial charge in [0.1, 0.15) is 31.2 Å². The predicted octanol–water partition coefficient (Wildman–Crippen LogP) is 6.04. The van der Waals surface area contributed by atoms with Crippen LogP contribution in [0.5, 0.6) is 5.75 Å². The number of carbonyl (C=O) groups is 2. The molecule has 1 unspecified atom stereocenters. The molecule has 1 saturated heterocycles. The van der Waals surface area contributed by atoms with Crippen molar-refractivity contribution in [2.45, 2.75) is 19.0 Å². The molecule has 1 aliphatic heterocycles. The minimum atomic E-state index is -4.22. The largest absolute Gasteiger partial charge is 0.488 e. The van der Waals surface area contributed by atoms with E-state index in [-0.39, 0.29) is 56.1 Å². The quantitative estimate of drug-likeness (QED) is 0.135. The van der Waals surface area contributed by atoms with Gasteiger partial charge in [0.2, 0.25) is 0 Å². The van der Waals surface area contributed by atoms with Crippen LogP contribution in [0.1, 0.15) is 23.2 Å². The van der Waals surface area contributed by atoms with E-state index in [1.807, 2.05) is 23.1 Å². The van der Waals surface area contributed by atoms with Gasteiger partial charge in [0.05, 0.1) is 23.4 Å². The molecule has 1 fully saturated rings. The molecule has 1 aliphatic rings. The summed E-state index contributed by atoms with van der Waals surface area (Å²) >= 11 is 0. The third-order valence-corrected chi connectivity index (χ3v) is 7.64. The number of nitrogens with one attached hydrogen (secondary N) is 1. The van der Waals surface area contributed by atoms with Crippen LogP contribution in [0.2, 0.25) is 0 Å². The number of ether oxygens (including phenoxy) is 1. The second kappa shape index (κ2) is 12.3. The average Bonchev–Trinajstić information content (AvgIpc) is 3.43. The molecule has 220 valence electrons. The third-order valence-electron chi connectivity index (χ3n) is 7.64. The van der Waals surface area contributed by atoms with Crippen molar-refractivity contribution in [2.24, 2.45) is 5.92 Å². The second-order valence-electron chi connectivity index (χ2n) is 10.5. The monoisotopic (exact) mass is 581 g/mol. The number of halogens is 3. The van der Waals surface area contributed by atoms with Crippen molar-refractivity contribution in [3.05, 3.63) is 84.4 Å². The minimum Gasteiger partial charge on any atom is -0.488 e. The number of amides is 2. The van der Waals surface area contributed by atoms with E-state index >= 15 is 0 Å². The van der Waals surface area contributed by atoms with Crippen LogP contribution in [0.25, 0.3) is 11.0 Å². The number of nitrogen functional groups attached to an aromatic ring is 1. The molecule has 0 spiro atoms. The van der Waals surface area contributed by atoms with Crippen LogP contribution in [-0.2, 0) is 4.79 Å². The van der Waals surface area contributed by atoms with E-state index in [4.69, 9.17) is 14.9 Å². The highest BCUT2D eigenvalue weighted by atomic mass is 19.4. The highest BCUT2D eigenvalue weighted by molar-refractivity contribution is 6.05. The van der Waals surface area contributed by atoms with E-state index in [2.05, 4.69) is 5.32 Å². The third kappa shape index (κ3) is 6.58. The number of piperidine rings is 1. The van der Waals surface area contributed by atoms with E-state index in [1.165, 1.54) is 0 Å². The summed E-state index contributed by atoms with van der Waals surface area (Å²) < 4.78 is 51.4. The molecule has 1 aromatic heterocycles. The maximum absolute atomic E-state index is 13.2. The van der Waals surface area contributed by atoms with Gasteiger partial charge in [-0.2, -0.15) is 17.7 Å². The lowest BCUT2D eigenvalue weighted by atomic mass is 9.96. The lowest BCUT2D eigenvalue weighted by Gasteiger charge is -2.37. The summed E-state index contributed by atoms with van der Waals surface area (Å²) in [6.07, 6.45) is -3.49. The molecule has 2 heterocycles. The van der Waals surface area contributed by atoms with Gasteiger partial charge in [-0.15, -0.1) is 0 Å². The van der Waals surface area contributed by atoms with Crippen molar-refractivity contribution in [3.8, 4) is 5.75 Å². The van der Waals surface area contributed by atoms with Crippen molar-refractivity contribution >= 4 is 40.5 Å². The highest BCUT2D eigenvalue weighted by Crippen LogP contribution is 2.36. The zero-order valence-corrected chi connectivity index (χ0v) is 22.8. The standard InChI is InChI=1S/C31H31F3N4O4/c32-31(33,34)24-13-15-37(16-14-24)20-38(21-39,29-19-23-5-1-4-8-28(23)42-29)17-18-41-25-11-9-22(10-12-25)30(40)36-27-7-3-2-6-26(27)35/h1-12,19,21,24H,13-18,20,35H2/p+1. The number of hydrogen-bond acceptors (Lipinski definition) is 6. The Morgan fingerprint density at radius 2 is 1.74 bits per heavy atom. The predicted molar refractivity (Wildman–Crippen MR) is 155 cm³/mol. The first-order valence-electron chi connectivity index (χ1n) is 13.7. The average molecular weight is 582 g/mol. The molecule has 4 aromatic rings. The molecule has 0 bridgehead atoms. The number of rotatable bonds is 10. The Hall–Kier alpha value is -4.35. The first kappa shape index (κ1) is 29.2. The molecule has 42 heavy (non-hydrogen) atoms. The van der Waals surface area contributed by atoms with Gasteiger partial charge >= 0.3 is 18.5 Å². The van der Waals surface area contributed by atoms with E-state index < -0.39 is 12.1 Å². The number of anilines is 2. The number of alkyl halides is 3. The summed E-state index contributed by atoms with van der Waals surface area (Å²) in [6.45, 7) is 0.881. The van der Waals surface area contributed by atoms with Crippen molar-refractivity contribution in [1.82, 2.24) is 9.38 Å². The summed E-state index contributed by atoms with van der Waals surface area (Å²) in [6, 6.07) is 22.7. The zero-order valence-electron chi connectivity index (χ0n) is 22.8. The van der Waals surface area contributed by atoms with Crippen molar-refractivity contribution < 1.29 is 31.9 Å². The minimum absolute atomic E-state index is 0.0181. The fourth-order valence-electron chi connectivity index (χ4n) is 5.17. The molecule has 3 aromatic carbocycles. The molecule has 0 aliphatic carbocycles. The SMILES string of the molecule is Nc1ccccc1NC(=O)c1ccc(OCC[N+](C=O)(CN2CCC(C(F)(F)F)CC2)c2cc3ccccc3o2)cc1. The second-order valence-corrected chi connectivity index (χ2v) is 10.5. The van der Waals surface area contributed by atoms with Crippen LogP contribution in [-0.4, -0.2) is 56.3 Å². The van der Waals surface area contributed by atoms with Gasteiger partial charge < -0.3 is 20.2 Å². The van der Waals surface area contributed by atoms with Crippen molar-refractivity contribution in [2.75, 3.05) is 44.0 Å². The summed E-state index contributed by atoms with van der Waals surface area (Å²) in [7, 11) is 0. The van der Waals surface area contributed by atoms with Gasteiger partial charge in [0.25, 0.3) is 5.91 Å². The number of quaternary nitrogens is 1. The number of furan rings is 1. The van der Waals surface area contributed by atoms with E-state index in [0.717, 1.165) is 11.8 Å². The summed E-state index contributed by atoms with van der Waals surface area (Å²) in [5.41, 5.74) is 7.89. The van der Waals surface area contributed by atoms with Crippen LogP contribution in [0.15, 0.2) is 83.3 Å². The van der Waals surface area contributed by atoms with Gasteiger partial charge in [-0.3, -0.25) is 9.69 Å². The normalized spacial score (nSPS) is 16.2. The van der Waals surface area contributed by atoms with Crippen LogP contribution < -0.4 is 20.3 Å². The zero-order chi connectivity index (χ0) is 29.7.